The summed E-state index contributed by atoms with van der Waals surface area (Å²) in [7, 11) is 3.16. The summed E-state index contributed by atoms with van der Waals surface area (Å²) in [6, 6.07) is 8.57. The van der Waals surface area contributed by atoms with Gasteiger partial charge >= 0.3 is 18.2 Å². The second kappa shape index (κ2) is 13.5. The fraction of sp³-hybridized carbons (Fsp3) is 0.455. The predicted octanol–water partition coefficient (Wildman–Crippen LogP) is 6.47. The minimum atomic E-state index is -4.57. The molecule has 4 rings (SSSR count). The van der Waals surface area contributed by atoms with Gasteiger partial charge in [0, 0.05) is 29.7 Å². The normalized spacial score (nSPS) is 17.3. The molecule has 3 aromatic rings. The summed E-state index contributed by atoms with van der Waals surface area (Å²) in [5.74, 6) is 4.52. The van der Waals surface area contributed by atoms with Crippen molar-refractivity contribution in [3.8, 4) is 17.6 Å². The Labute approximate surface area is 265 Å². The van der Waals surface area contributed by atoms with E-state index in [9.17, 15) is 32.3 Å². The van der Waals surface area contributed by atoms with Crippen LogP contribution in [0.2, 0.25) is 0 Å². The number of alkyl halides is 4. The lowest BCUT2D eigenvalue weighted by Gasteiger charge is -2.33. The van der Waals surface area contributed by atoms with Gasteiger partial charge in [0.15, 0.2) is 0 Å². The molecule has 1 aliphatic heterocycles. The lowest BCUT2D eigenvalue weighted by molar-refractivity contribution is -0.140. The molecule has 2 aromatic carbocycles. The monoisotopic (exact) mass is 646 g/mol. The molecule has 0 bridgehead atoms. The SMILES string of the molecule is COc1c(N(CC#Cc2cc3c(N[C@@H]4CCN(C)C[C@@H]4F)cccc3n2CC(F)(F)F)C(=O)OC(C)(C)C)ccc(C(=O)O)c1C. The van der Waals surface area contributed by atoms with Crippen molar-refractivity contribution >= 4 is 34.3 Å². The van der Waals surface area contributed by atoms with E-state index in [1.807, 2.05) is 11.9 Å². The van der Waals surface area contributed by atoms with E-state index >= 15 is 0 Å². The molecule has 13 heteroatoms. The molecular weight excluding hydrogens is 608 g/mol. The number of nitrogens with zero attached hydrogens (tertiary/aromatic N) is 3. The van der Waals surface area contributed by atoms with Crippen LogP contribution < -0.4 is 15.0 Å². The number of amides is 1. The summed E-state index contributed by atoms with van der Waals surface area (Å²) in [6.07, 6.45) is -6.01. The van der Waals surface area contributed by atoms with Gasteiger partial charge in [0.1, 0.15) is 24.1 Å². The Morgan fingerprint density at radius 3 is 2.50 bits per heavy atom. The van der Waals surface area contributed by atoms with E-state index in [1.54, 1.807) is 39.0 Å². The first kappa shape index (κ1) is 34.4. The van der Waals surface area contributed by atoms with Crippen LogP contribution in [0, 0.1) is 18.8 Å². The Morgan fingerprint density at radius 1 is 1.17 bits per heavy atom. The van der Waals surface area contributed by atoms with Crippen molar-refractivity contribution in [2.75, 3.05) is 44.0 Å². The fourth-order valence-electron chi connectivity index (χ4n) is 5.44. The van der Waals surface area contributed by atoms with Gasteiger partial charge in [-0.05, 0) is 77.4 Å². The smallest absolute Gasteiger partial charge is 0.415 e. The number of fused-ring (bicyclic) bond motifs is 1. The number of piperidine rings is 1. The van der Waals surface area contributed by atoms with Gasteiger partial charge in [0.05, 0.1) is 42.2 Å². The van der Waals surface area contributed by atoms with E-state index in [0.29, 0.717) is 24.0 Å². The Bertz CT molecular complexity index is 1670. The topological polar surface area (TPSA) is 96.3 Å². The molecule has 2 N–H and O–H groups in total. The molecule has 1 aliphatic rings. The van der Waals surface area contributed by atoms with Crippen LogP contribution in [0.3, 0.4) is 0 Å². The lowest BCUT2D eigenvalue weighted by atomic mass is 10.0. The van der Waals surface area contributed by atoms with E-state index in [1.165, 1.54) is 32.2 Å². The highest BCUT2D eigenvalue weighted by Crippen LogP contribution is 2.35. The zero-order valence-corrected chi connectivity index (χ0v) is 26.6. The van der Waals surface area contributed by atoms with E-state index in [-0.39, 0.29) is 46.9 Å². The third kappa shape index (κ3) is 8.04. The van der Waals surface area contributed by atoms with Gasteiger partial charge in [0.25, 0.3) is 0 Å². The number of rotatable bonds is 7. The van der Waals surface area contributed by atoms with Gasteiger partial charge in [-0.3, -0.25) is 4.90 Å². The number of carboxylic acids is 1. The maximum atomic E-state index is 14.8. The van der Waals surface area contributed by atoms with Crippen molar-refractivity contribution in [2.45, 2.75) is 64.7 Å². The lowest BCUT2D eigenvalue weighted by Crippen LogP contribution is -2.46. The molecule has 46 heavy (non-hydrogen) atoms. The van der Waals surface area contributed by atoms with Gasteiger partial charge in [0.2, 0.25) is 0 Å². The number of halogens is 4. The minimum absolute atomic E-state index is 0.0313. The predicted molar refractivity (Wildman–Crippen MR) is 168 cm³/mol. The largest absolute Gasteiger partial charge is 0.494 e. The second-order valence-corrected chi connectivity index (χ2v) is 12.3. The number of carboxylic acid groups (broad SMARTS) is 1. The minimum Gasteiger partial charge on any atom is -0.494 e. The van der Waals surface area contributed by atoms with E-state index < -0.39 is 42.6 Å². The van der Waals surface area contributed by atoms with Gasteiger partial charge in [-0.25, -0.2) is 14.0 Å². The van der Waals surface area contributed by atoms with Crippen molar-refractivity contribution in [1.82, 2.24) is 9.47 Å². The molecule has 0 saturated carbocycles. The number of ether oxygens (including phenoxy) is 2. The Hall–Kier alpha value is -4.44. The number of hydrogen-bond acceptors (Lipinski definition) is 6. The number of hydrogen-bond donors (Lipinski definition) is 2. The summed E-state index contributed by atoms with van der Waals surface area (Å²) in [4.78, 5) is 28.1. The summed E-state index contributed by atoms with van der Waals surface area (Å²) in [5, 5.41) is 13.2. The number of carbonyl (C=O) groups excluding carboxylic acids is 1. The number of benzene rings is 2. The molecule has 0 radical (unpaired) electrons. The molecule has 2 atom stereocenters. The summed E-state index contributed by atoms with van der Waals surface area (Å²) >= 11 is 0. The summed E-state index contributed by atoms with van der Waals surface area (Å²) < 4.78 is 68.2. The van der Waals surface area contributed by atoms with Gasteiger partial charge in [-0.15, -0.1) is 0 Å². The number of aromatic carboxylic acids is 1. The molecule has 0 aliphatic carbocycles. The van der Waals surface area contributed by atoms with Crippen molar-refractivity contribution in [1.29, 1.82) is 0 Å². The average Bonchev–Trinajstić information content (AvgIpc) is 3.27. The number of likely N-dealkylation sites (tertiary alicyclic amines) is 1. The number of aromatic nitrogens is 1. The van der Waals surface area contributed by atoms with Crippen LogP contribution in [0.25, 0.3) is 10.9 Å². The molecule has 0 unspecified atom stereocenters. The Balaban J connectivity index is 1.76. The highest BCUT2D eigenvalue weighted by Gasteiger charge is 2.32. The summed E-state index contributed by atoms with van der Waals surface area (Å²) in [5.41, 5.74) is 0.301. The quantitative estimate of drug-likeness (QED) is 0.225. The fourth-order valence-corrected chi connectivity index (χ4v) is 5.44. The number of methoxy groups -OCH3 is 1. The van der Waals surface area contributed by atoms with Crippen LogP contribution in [0.5, 0.6) is 5.75 Å². The van der Waals surface area contributed by atoms with Crippen LogP contribution in [0.4, 0.5) is 33.7 Å². The third-order valence-corrected chi connectivity index (χ3v) is 7.55. The van der Waals surface area contributed by atoms with E-state index in [0.717, 1.165) is 9.47 Å². The first-order valence-corrected chi connectivity index (χ1v) is 14.7. The molecular formula is C33H38F4N4O5. The van der Waals surface area contributed by atoms with E-state index in [4.69, 9.17) is 9.47 Å². The Kier molecular flexibility index (Phi) is 10.1. The first-order valence-electron chi connectivity index (χ1n) is 14.7. The van der Waals surface area contributed by atoms with Gasteiger partial charge in [-0.2, -0.15) is 13.2 Å². The van der Waals surface area contributed by atoms with Crippen LogP contribution in [0.1, 0.15) is 48.8 Å². The maximum Gasteiger partial charge on any atom is 0.415 e. The van der Waals surface area contributed by atoms with Crippen molar-refractivity contribution < 1.29 is 41.7 Å². The standard InChI is InChI=1S/C33H38F4N4O5/c1-20-22(30(42)43)12-13-28(29(20)45-6)40(31(44)46-32(2,3)4)15-8-9-21-17-23-25(38-26-14-16-39(5)18-24(26)34)10-7-11-27(23)41(21)19-33(35,36)37/h7,10-13,17,24,26,38H,14-16,18-19H2,1-6H3,(H,42,43)/t24-,26+/m0/s1. The summed E-state index contributed by atoms with van der Waals surface area (Å²) in [6.45, 7) is 5.82. The number of anilines is 2. The molecule has 1 fully saturated rings. The molecule has 0 spiro atoms. The van der Waals surface area contributed by atoms with E-state index in [2.05, 4.69) is 17.2 Å². The van der Waals surface area contributed by atoms with Crippen LogP contribution in [-0.4, -0.2) is 84.4 Å². The maximum absolute atomic E-state index is 14.8. The van der Waals surface area contributed by atoms with Gasteiger partial charge in [-0.1, -0.05) is 12.0 Å². The average molecular weight is 647 g/mol. The molecule has 1 aromatic heterocycles. The molecule has 1 amide bonds. The number of nitrogens with one attached hydrogen (secondary N) is 1. The third-order valence-electron chi connectivity index (χ3n) is 7.55. The second-order valence-electron chi connectivity index (χ2n) is 12.3. The Morgan fingerprint density at radius 2 is 1.89 bits per heavy atom. The first-order chi connectivity index (χ1) is 21.5. The highest BCUT2D eigenvalue weighted by molar-refractivity contribution is 5.96. The highest BCUT2D eigenvalue weighted by atomic mass is 19.4. The molecule has 1 saturated heterocycles. The zero-order chi connectivity index (χ0) is 34.0. The van der Waals surface area contributed by atoms with Crippen LogP contribution in [0.15, 0.2) is 36.4 Å². The zero-order valence-electron chi connectivity index (χ0n) is 26.6. The van der Waals surface area contributed by atoms with Gasteiger partial charge < -0.3 is 29.4 Å². The van der Waals surface area contributed by atoms with Crippen molar-refractivity contribution in [2.24, 2.45) is 0 Å². The van der Waals surface area contributed by atoms with Crippen molar-refractivity contribution in [3.05, 3.63) is 53.2 Å². The van der Waals surface area contributed by atoms with Crippen LogP contribution >= 0.6 is 0 Å². The van der Waals surface area contributed by atoms with Crippen LogP contribution in [-0.2, 0) is 11.3 Å². The molecule has 9 nitrogen and oxygen atoms in total. The molecule has 248 valence electrons. The number of carbonyl (C=O) groups is 2. The molecule has 2 heterocycles. The van der Waals surface area contributed by atoms with Crippen molar-refractivity contribution in [3.63, 3.8) is 0 Å².